The van der Waals surface area contributed by atoms with Gasteiger partial charge in [0.25, 0.3) is 0 Å². The minimum Gasteiger partial charge on any atom is -0.386 e. The molecule has 0 aliphatic heterocycles. The van der Waals surface area contributed by atoms with Crippen molar-refractivity contribution in [3.05, 3.63) is 47.5 Å². The van der Waals surface area contributed by atoms with E-state index in [0.717, 1.165) is 6.54 Å². The van der Waals surface area contributed by atoms with Crippen LogP contribution in [-0.2, 0) is 17.3 Å². The highest BCUT2D eigenvalue weighted by atomic mass is 32.2. The van der Waals surface area contributed by atoms with Crippen molar-refractivity contribution in [3.8, 4) is 0 Å². The molecule has 70 valence electrons. The van der Waals surface area contributed by atoms with Crippen LogP contribution in [0.2, 0.25) is 0 Å². The van der Waals surface area contributed by atoms with Crippen molar-refractivity contribution in [1.82, 2.24) is 5.32 Å². The van der Waals surface area contributed by atoms with Crippen molar-refractivity contribution in [2.45, 2.75) is 6.54 Å². The first-order valence-corrected chi connectivity index (χ1v) is 5.67. The zero-order valence-corrected chi connectivity index (χ0v) is 8.38. The molecule has 0 amide bonds. The molecule has 0 aliphatic carbocycles. The Kier molecular flexibility index (Phi) is 4.26. The van der Waals surface area contributed by atoms with Crippen molar-refractivity contribution >= 4 is 10.8 Å². The van der Waals surface area contributed by atoms with Gasteiger partial charge in [-0.3, -0.25) is 4.21 Å². The summed E-state index contributed by atoms with van der Waals surface area (Å²) in [7, 11) is -0.867. The standard InChI is InChI=1S/C10H13NOS/c1-13(12)8-7-11-9-10-5-3-2-4-6-10/h2-8,11H,9H2,1H3/b8-7-. The fraction of sp³-hybridized carbons (Fsp3) is 0.200. The number of benzene rings is 1. The maximum atomic E-state index is 10.6. The van der Waals surface area contributed by atoms with E-state index < -0.39 is 10.8 Å². The Morgan fingerprint density at radius 1 is 1.38 bits per heavy atom. The van der Waals surface area contributed by atoms with Crippen LogP contribution < -0.4 is 5.32 Å². The quantitative estimate of drug-likeness (QED) is 0.791. The smallest absolute Gasteiger partial charge is 0.0439 e. The van der Waals surface area contributed by atoms with E-state index in [1.165, 1.54) is 5.56 Å². The topological polar surface area (TPSA) is 29.1 Å². The summed E-state index contributed by atoms with van der Waals surface area (Å²) >= 11 is 0. The monoisotopic (exact) mass is 195 g/mol. The number of hydrogen-bond acceptors (Lipinski definition) is 2. The van der Waals surface area contributed by atoms with Crippen LogP contribution in [0.3, 0.4) is 0 Å². The van der Waals surface area contributed by atoms with Crippen LogP contribution in [0.1, 0.15) is 5.56 Å². The van der Waals surface area contributed by atoms with Crippen LogP contribution in [0.25, 0.3) is 0 Å². The molecule has 0 heterocycles. The molecule has 0 saturated heterocycles. The number of hydrogen-bond donors (Lipinski definition) is 1. The summed E-state index contributed by atoms with van der Waals surface area (Å²) < 4.78 is 10.6. The minimum absolute atomic E-state index is 0.772. The van der Waals surface area contributed by atoms with E-state index in [0.29, 0.717) is 0 Å². The van der Waals surface area contributed by atoms with Gasteiger partial charge in [-0.05, 0) is 5.56 Å². The molecule has 0 radical (unpaired) electrons. The van der Waals surface area contributed by atoms with Gasteiger partial charge in [0.2, 0.25) is 0 Å². The van der Waals surface area contributed by atoms with Crippen molar-refractivity contribution in [3.63, 3.8) is 0 Å². The van der Waals surface area contributed by atoms with E-state index in [1.54, 1.807) is 17.9 Å². The highest BCUT2D eigenvalue weighted by Gasteiger charge is 1.86. The van der Waals surface area contributed by atoms with Gasteiger partial charge in [0.1, 0.15) is 0 Å². The van der Waals surface area contributed by atoms with Gasteiger partial charge in [-0.1, -0.05) is 30.3 Å². The van der Waals surface area contributed by atoms with Crippen LogP contribution in [0.4, 0.5) is 0 Å². The Bertz CT molecular complexity index is 295. The summed E-state index contributed by atoms with van der Waals surface area (Å²) in [6.45, 7) is 0.772. The maximum absolute atomic E-state index is 10.6. The molecule has 1 aromatic rings. The lowest BCUT2D eigenvalue weighted by Gasteiger charge is -1.99. The van der Waals surface area contributed by atoms with Crippen molar-refractivity contribution in [2.75, 3.05) is 6.26 Å². The molecule has 1 N–H and O–H groups in total. The van der Waals surface area contributed by atoms with Crippen LogP contribution >= 0.6 is 0 Å². The largest absolute Gasteiger partial charge is 0.386 e. The first-order chi connectivity index (χ1) is 6.29. The third-order valence-electron chi connectivity index (χ3n) is 1.53. The first-order valence-electron chi connectivity index (χ1n) is 4.05. The molecule has 13 heavy (non-hydrogen) atoms. The molecule has 1 rings (SSSR count). The average molecular weight is 195 g/mol. The zero-order chi connectivity index (χ0) is 9.52. The summed E-state index contributed by atoms with van der Waals surface area (Å²) in [5.74, 6) is 0. The molecule has 0 spiro atoms. The van der Waals surface area contributed by atoms with Gasteiger partial charge in [0.15, 0.2) is 0 Å². The molecule has 0 aromatic heterocycles. The molecule has 0 bridgehead atoms. The minimum atomic E-state index is -0.867. The Morgan fingerprint density at radius 2 is 2.08 bits per heavy atom. The van der Waals surface area contributed by atoms with E-state index in [2.05, 4.69) is 5.32 Å². The number of nitrogens with one attached hydrogen (secondary N) is 1. The molecular weight excluding hydrogens is 182 g/mol. The lowest BCUT2D eigenvalue weighted by molar-refractivity contribution is 0.691. The summed E-state index contributed by atoms with van der Waals surface area (Å²) in [4.78, 5) is 0. The molecule has 1 aromatic carbocycles. The summed E-state index contributed by atoms with van der Waals surface area (Å²) in [5.41, 5.74) is 1.22. The van der Waals surface area contributed by atoms with Gasteiger partial charge in [-0.15, -0.1) is 0 Å². The normalized spacial score (nSPS) is 13.0. The second-order valence-corrected chi connectivity index (χ2v) is 3.94. The Hall–Kier alpha value is -1.09. The summed E-state index contributed by atoms with van der Waals surface area (Å²) in [6, 6.07) is 10.1. The third kappa shape index (κ3) is 4.48. The highest BCUT2D eigenvalue weighted by molar-refractivity contribution is 7.87. The highest BCUT2D eigenvalue weighted by Crippen LogP contribution is 1.96. The zero-order valence-electron chi connectivity index (χ0n) is 7.57. The predicted octanol–water partition coefficient (Wildman–Crippen LogP) is 1.63. The van der Waals surface area contributed by atoms with Gasteiger partial charge in [0, 0.05) is 35.2 Å². The van der Waals surface area contributed by atoms with Gasteiger partial charge in [-0.2, -0.15) is 0 Å². The molecule has 2 nitrogen and oxygen atoms in total. The van der Waals surface area contributed by atoms with Gasteiger partial charge in [0.05, 0.1) is 0 Å². The molecule has 3 heteroatoms. The van der Waals surface area contributed by atoms with Crippen molar-refractivity contribution < 1.29 is 4.21 Å². The van der Waals surface area contributed by atoms with E-state index >= 15 is 0 Å². The van der Waals surface area contributed by atoms with E-state index in [1.807, 2.05) is 30.3 Å². The first kappa shape index (κ1) is 9.99. The van der Waals surface area contributed by atoms with Gasteiger partial charge >= 0.3 is 0 Å². The molecular formula is C10H13NOS. The van der Waals surface area contributed by atoms with Crippen LogP contribution in [0.5, 0.6) is 0 Å². The molecule has 0 fully saturated rings. The summed E-state index contributed by atoms with van der Waals surface area (Å²) in [5, 5.41) is 4.69. The van der Waals surface area contributed by atoms with Gasteiger partial charge < -0.3 is 5.32 Å². The Labute approximate surface area is 81.1 Å². The molecule has 1 unspecified atom stereocenters. The SMILES string of the molecule is CS(=O)/C=C\NCc1ccccc1. The maximum Gasteiger partial charge on any atom is 0.0439 e. The molecule has 0 saturated carbocycles. The Balaban J connectivity index is 2.32. The van der Waals surface area contributed by atoms with Crippen molar-refractivity contribution in [1.29, 1.82) is 0 Å². The number of rotatable bonds is 4. The van der Waals surface area contributed by atoms with E-state index in [4.69, 9.17) is 0 Å². The van der Waals surface area contributed by atoms with Crippen LogP contribution in [-0.4, -0.2) is 10.5 Å². The molecule has 1 atom stereocenters. The van der Waals surface area contributed by atoms with E-state index in [-0.39, 0.29) is 0 Å². The third-order valence-corrected chi connectivity index (χ3v) is 2.05. The van der Waals surface area contributed by atoms with Crippen molar-refractivity contribution in [2.24, 2.45) is 0 Å². The van der Waals surface area contributed by atoms with E-state index in [9.17, 15) is 4.21 Å². The lowest BCUT2D eigenvalue weighted by atomic mass is 10.2. The fourth-order valence-electron chi connectivity index (χ4n) is 0.917. The second kappa shape index (κ2) is 5.54. The van der Waals surface area contributed by atoms with Crippen LogP contribution in [0, 0.1) is 0 Å². The second-order valence-electron chi connectivity index (χ2n) is 2.67. The predicted molar refractivity (Wildman–Crippen MR) is 56.5 cm³/mol. The fourth-order valence-corrected chi connectivity index (χ4v) is 1.20. The average Bonchev–Trinajstić information content (AvgIpc) is 2.14. The molecule has 0 aliphatic rings. The lowest BCUT2D eigenvalue weighted by Crippen LogP contribution is -2.04. The summed E-state index contributed by atoms with van der Waals surface area (Å²) in [6.07, 6.45) is 3.36. The Morgan fingerprint density at radius 3 is 2.69 bits per heavy atom. The van der Waals surface area contributed by atoms with Crippen LogP contribution in [0.15, 0.2) is 41.9 Å². The van der Waals surface area contributed by atoms with Gasteiger partial charge in [-0.25, -0.2) is 0 Å².